The lowest BCUT2D eigenvalue weighted by Crippen LogP contribution is -1.92. The fraction of sp³-hybridized carbons (Fsp3) is 0.100. The van der Waals surface area contributed by atoms with E-state index in [4.69, 9.17) is 4.74 Å². The fourth-order valence-electron chi connectivity index (χ4n) is 1.23. The first-order valence-electron chi connectivity index (χ1n) is 4.13. The van der Waals surface area contributed by atoms with Crippen LogP contribution in [0.15, 0.2) is 41.4 Å². The fourth-order valence-corrected chi connectivity index (χ4v) is 1.64. The molecule has 0 N–H and O–H groups in total. The number of hydrogen-bond acceptors (Lipinski definition) is 2. The Hall–Kier alpha value is -1.29. The second-order valence-corrected chi connectivity index (χ2v) is 3.60. The van der Waals surface area contributed by atoms with Gasteiger partial charge in [0.25, 0.3) is 0 Å². The van der Waals surface area contributed by atoms with Crippen LogP contribution in [-0.2, 0) is 0 Å². The lowest BCUT2D eigenvalue weighted by molar-refractivity contribution is 0.414. The largest absolute Gasteiger partial charge is 0.497 e. The molecule has 2 rings (SSSR count). The molecule has 0 saturated carbocycles. The van der Waals surface area contributed by atoms with Crippen molar-refractivity contribution >= 4 is 15.9 Å². The molecule has 1 aromatic carbocycles. The van der Waals surface area contributed by atoms with Gasteiger partial charge in [-0.3, -0.25) is 4.57 Å². The Morgan fingerprint density at radius 2 is 2.29 bits per heavy atom. The minimum absolute atomic E-state index is 0.836. The van der Waals surface area contributed by atoms with Crippen molar-refractivity contribution in [3.05, 3.63) is 41.4 Å². The number of halogens is 1. The third-order valence-corrected chi connectivity index (χ3v) is 2.51. The Balaban J connectivity index is 2.47. The zero-order chi connectivity index (χ0) is 9.97. The normalized spacial score (nSPS) is 10.1. The van der Waals surface area contributed by atoms with Gasteiger partial charge in [0.1, 0.15) is 16.7 Å². The molecular weight excluding hydrogens is 244 g/mol. The van der Waals surface area contributed by atoms with Crippen molar-refractivity contribution in [2.45, 2.75) is 0 Å². The van der Waals surface area contributed by atoms with Gasteiger partial charge >= 0.3 is 0 Å². The molecule has 0 aliphatic heterocycles. The maximum Gasteiger partial charge on any atom is 0.120 e. The van der Waals surface area contributed by atoms with Gasteiger partial charge in [-0.2, -0.15) is 0 Å². The Labute approximate surface area is 90.5 Å². The van der Waals surface area contributed by atoms with Crippen LogP contribution in [0.1, 0.15) is 0 Å². The Morgan fingerprint density at radius 1 is 1.43 bits per heavy atom. The second kappa shape index (κ2) is 3.84. The maximum atomic E-state index is 5.14. The smallest absolute Gasteiger partial charge is 0.120 e. The standard InChI is InChI=1S/C10H9BrN2O/c1-14-9-4-2-3-8(5-9)13-7-12-6-10(13)11/h2-7H,1H3. The average Bonchev–Trinajstić information content (AvgIpc) is 2.65. The first-order valence-corrected chi connectivity index (χ1v) is 4.93. The number of imidazole rings is 1. The van der Waals surface area contributed by atoms with Crippen molar-refractivity contribution in [2.24, 2.45) is 0 Å². The number of methoxy groups -OCH3 is 1. The Kier molecular flexibility index (Phi) is 2.54. The van der Waals surface area contributed by atoms with Gasteiger partial charge in [0.15, 0.2) is 0 Å². The highest BCUT2D eigenvalue weighted by Gasteiger charge is 2.01. The Morgan fingerprint density at radius 3 is 2.93 bits per heavy atom. The van der Waals surface area contributed by atoms with E-state index in [1.165, 1.54) is 0 Å². The van der Waals surface area contributed by atoms with Crippen molar-refractivity contribution in [3.8, 4) is 11.4 Å². The summed E-state index contributed by atoms with van der Waals surface area (Å²) in [4.78, 5) is 4.03. The van der Waals surface area contributed by atoms with Crippen molar-refractivity contribution in [1.29, 1.82) is 0 Å². The molecule has 0 spiro atoms. The first-order chi connectivity index (χ1) is 6.81. The molecule has 0 amide bonds. The van der Waals surface area contributed by atoms with E-state index < -0.39 is 0 Å². The number of aromatic nitrogens is 2. The van der Waals surface area contributed by atoms with Crippen molar-refractivity contribution < 1.29 is 4.74 Å². The van der Waals surface area contributed by atoms with Crippen LogP contribution in [0, 0.1) is 0 Å². The van der Waals surface area contributed by atoms with Crippen LogP contribution in [0.4, 0.5) is 0 Å². The summed E-state index contributed by atoms with van der Waals surface area (Å²) in [5.74, 6) is 0.836. The zero-order valence-electron chi connectivity index (χ0n) is 7.64. The van der Waals surface area contributed by atoms with Gasteiger partial charge in [0, 0.05) is 6.07 Å². The van der Waals surface area contributed by atoms with Crippen LogP contribution < -0.4 is 4.74 Å². The van der Waals surface area contributed by atoms with E-state index in [-0.39, 0.29) is 0 Å². The highest BCUT2D eigenvalue weighted by molar-refractivity contribution is 9.10. The molecule has 14 heavy (non-hydrogen) atoms. The maximum absolute atomic E-state index is 5.14. The monoisotopic (exact) mass is 252 g/mol. The number of hydrogen-bond donors (Lipinski definition) is 0. The van der Waals surface area contributed by atoms with Crippen molar-refractivity contribution in [2.75, 3.05) is 7.11 Å². The lowest BCUT2D eigenvalue weighted by atomic mass is 10.3. The molecule has 3 nitrogen and oxygen atoms in total. The molecule has 1 heterocycles. The molecule has 0 aliphatic rings. The van der Waals surface area contributed by atoms with Crippen molar-refractivity contribution in [1.82, 2.24) is 9.55 Å². The molecule has 0 saturated heterocycles. The molecule has 4 heteroatoms. The van der Waals surface area contributed by atoms with Gasteiger partial charge < -0.3 is 4.74 Å². The summed E-state index contributed by atoms with van der Waals surface area (Å²) in [6, 6.07) is 7.80. The van der Waals surface area contributed by atoms with Gasteiger partial charge in [-0.05, 0) is 28.1 Å². The van der Waals surface area contributed by atoms with Crippen LogP contribution in [0.2, 0.25) is 0 Å². The summed E-state index contributed by atoms with van der Waals surface area (Å²) in [5.41, 5.74) is 1.02. The molecule has 72 valence electrons. The van der Waals surface area contributed by atoms with E-state index in [1.807, 2.05) is 28.8 Å². The molecule has 0 atom stereocenters. The van der Waals surface area contributed by atoms with E-state index in [2.05, 4.69) is 20.9 Å². The molecule has 0 bridgehead atoms. The van der Waals surface area contributed by atoms with E-state index in [0.29, 0.717) is 0 Å². The molecule has 0 radical (unpaired) electrons. The SMILES string of the molecule is COc1cccc(-n2cncc2Br)c1. The van der Waals surface area contributed by atoms with Gasteiger partial charge in [0.05, 0.1) is 19.0 Å². The van der Waals surface area contributed by atoms with E-state index in [9.17, 15) is 0 Å². The third-order valence-electron chi connectivity index (χ3n) is 1.92. The number of ether oxygens (including phenoxy) is 1. The summed E-state index contributed by atoms with van der Waals surface area (Å²) in [6.45, 7) is 0. The van der Waals surface area contributed by atoms with Gasteiger partial charge in [-0.25, -0.2) is 4.98 Å². The molecule has 0 fully saturated rings. The zero-order valence-corrected chi connectivity index (χ0v) is 9.23. The van der Waals surface area contributed by atoms with Gasteiger partial charge in [0.2, 0.25) is 0 Å². The minimum atomic E-state index is 0.836. The van der Waals surface area contributed by atoms with E-state index >= 15 is 0 Å². The topological polar surface area (TPSA) is 27.1 Å². The lowest BCUT2D eigenvalue weighted by Gasteiger charge is -2.05. The van der Waals surface area contributed by atoms with Gasteiger partial charge in [-0.15, -0.1) is 0 Å². The van der Waals surface area contributed by atoms with Crippen LogP contribution in [0.3, 0.4) is 0 Å². The molecule has 1 aromatic heterocycles. The first kappa shape index (κ1) is 9.27. The summed E-state index contributed by atoms with van der Waals surface area (Å²) in [7, 11) is 1.65. The predicted molar refractivity (Wildman–Crippen MR) is 57.8 cm³/mol. The molecule has 0 unspecified atom stereocenters. The summed E-state index contributed by atoms with van der Waals surface area (Å²) in [5, 5.41) is 0. The third kappa shape index (κ3) is 1.65. The summed E-state index contributed by atoms with van der Waals surface area (Å²) in [6.07, 6.45) is 3.50. The van der Waals surface area contributed by atoms with Crippen LogP contribution in [0.5, 0.6) is 5.75 Å². The van der Waals surface area contributed by atoms with Crippen LogP contribution in [-0.4, -0.2) is 16.7 Å². The number of nitrogens with zero attached hydrogens (tertiary/aromatic N) is 2. The average molecular weight is 253 g/mol. The molecular formula is C10H9BrN2O. The van der Waals surface area contributed by atoms with E-state index in [0.717, 1.165) is 16.0 Å². The van der Waals surface area contributed by atoms with Crippen LogP contribution >= 0.6 is 15.9 Å². The highest BCUT2D eigenvalue weighted by Crippen LogP contribution is 2.20. The Bertz CT molecular complexity index is 439. The summed E-state index contributed by atoms with van der Waals surface area (Å²) < 4.78 is 8.00. The highest BCUT2D eigenvalue weighted by atomic mass is 79.9. The predicted octanol–water partition coefficient (Wildman–Crippen LogP) is 2.64. The summed E-state index contributed by atoms with van der Waals surface area (Å²) >= 11 is 3.41. The van der Waals surface area contributed by atoms with E-state index in [1.54, 1.807) is 19.6 Å². The number of benzene rings is 1. The van der Waals surface area contributed by atoms with Gasteiger partial charge in [-0.1, -0.05) is 6.07 Å². The van der Waals surface area contributed by atoms with Crippen LogP contribution in [0.25, 0.3) is 5.69 Å². The minimum Gasteiger partial charge on any atom is -0.497 e. The van der Waals surface area contributed by atoms with Crippen molar-refractivity contribution in [3.63, 3.8) is 0 Å². The molecule has 2 aromatic rings. The molecule has 0 aliphatic carbocycles. The quantitative estimate of drug-likeness (QED) is 0.822. The second-order valence-electron chi connectivity index (χ2n) is 2.79. The number of rotatable bonds is 2.